The minimum Gasteiger partial charge on any atom is -0.477 e. The van der Waals surface area contributed by atoms with E-state index >= 15 is 0 Å². The Morgan fingerprint density at radius 3 is 2.00 bits per heavy atom. The number of pyridine rings is 1. The fraction of sp³-hybridized carbons (Fsp3) is 0.739. The molecular weight excluding hydrogens is 336 g/mol. The van der Waals surface area contributed by atoms with Crippen LogP contribution in [0.2, 0.25) is 0 Å². The van der Waals surface area contributed by atoms with E-state index in [9.17, 15) is 9.90 Å². The highest BCUT2D eigenvalue weighted by Gasteiger charge is 2.18. The molecular formula is C23H40N2O2. The molecule has 0 saturated carbocycles. The second-order valence-corrected chi connectivity index (χ2v) is 7.85. The SMILES string of the molecule is CCCC[C@H](CC)CN(Cc1cccc(C(=O)O)n1)C[C@@H](CC)CCCC. The topological polar surface area (TPSA) is 53.4 Å². The molecule has 0 radical (unpaired) electrons. The zero-order valence-corrected chi connectivity index (χ0v) is 17.9. The molecule has 0 aliphatic heterocycles. The third kappa shape index (κ3) is 9.37. The van der Waals surface area contributed by atoms with Crippen molar-refractivity contribution in [1.29, 1.82) is 0 Å². The molecule has 4 heteroatoms. The molecule has 0 fully saturated rings. The van der Waals surface area contributed by atoms with E-state index in [1.54, 1.807) is 6.07 Å². The quantitative estimate of drug-likeness (QED) is 0.407. The van der Waals surface area contributed by atoms with Crippen LogP contribution in [0.4, 0.5) is 0 Å². The Morgan fingerprint density at radius 2 is 1.56 bits per heavy atom. The zero-order valence-electron chi connectivity index (χ0n) is 17.9. The molecule has 0 amide bonds. The lowest BCUT2D eigenvalue weighted by atomic mass is 9.95. The number of carbonyl (C=O) groups is 1. The van der Waals surface area contributed by atoms with Crippen LogP contribution in [0.15, 0.2) is 18.2 Å². The number of carboxylic acid groups (broad SMARTS) is 1. The Morgan fingerprint density at radius 1 is 1.00 bits per heavy atom. The first-order chi connectivity index (χ1) is 13.0. The van der Waals surface area contributed by atoms with Crippen LogP contribution in [0, 0.1) is 11.8 Å². The average Bonchev–Trinajstić information content (AvgIpc) is 2.68. The Balaban J connectivity index is 2.87. The summed E-state index contributed by atoms with van der Waals surface area (Å²) >= 11 is 0. The Labute approximate surface area is 166 Å². The highest BCUT2D eigenvalue weighted by atomic mass is 16.4. The number of hydrogen-bond donors (Lipinski definition) is 1. The number of unbranched alkanes of at least 4 members (excludes halogenated alkanes) is 2. The van der Waals surface area contributed by atoms with E-state index in [-0.39, 0.29) is 5.69 Å². The van der Waals surface area contributed by atoms with Crippen LogP contribution in [0.5, 0.6) is 0 Å². The fourth-order valence-corrected chi connectivity index (χ4v) is 3.68. The van der Waals surface area contributed by atoms with Gasteiger partial charge in [-0.2, -0.15) is 0 Å². The fourth-order valence-electron chi connectivity index (χ4n) is 3.68. The number of carboxylic acids is 1. The Kier molecular flexibility index (Phi) is 12.0. The molecule has 0 aliphatic carbocycles. The van der Waals surface area contributed by atoms with Gasteiger partial charge in [-0.25, -0.2) is 9.78 Å². The summed E-state index contributed by atoms with van der Waals surface area (Å²) < 4.78 is 0. The second-order valence-electron chi connectivity index (χ2n) is 7.85. The highest BCUT2D eigenvalue weighted by Crippen LogP contribution is 2.20. The molecule has 2 atom stereocenters. The third-order valence-electron chi connectivity index (χ3n) is 5.53. The smallest absolute Gasteiger partial charge is 0.354 e. The van der Waals surface area contributed by atoms with Gasteiger partial charge in [0.25, 0.3) is 0 Å². The van der Waals surface area contributed by atoms with E-state index in [0.717, 1.165) is 25.3 Å². The standard InChI is InChI=1S/C23H40N2O2/c1-5-9-12-19(7-3)16-25(17-20(8-4)13-10-6-2)18-21-14-11-15-22(24-21)23(26)27/h11,14-15,19-20H,5-10,12-13,16-18H2,1-4H3,(H,26,27)/t19-,20-/m0/s1. The normalized spacial score (nSPS) is 13.7. The minimum atomic E-state index is -0.952. The van der Waals surface area contributed by atoms with Gasteiger partial charge in [-0.15, -0.1) is 0 Å². The lowest BCUT2D eigenvalue weighted by Gasteiger charge is -2.30. The van der Waals surface area contributed by atoms with Gasteiger partial charge >= 0.3 is 5.97 Å². The zero-order chi connectivity index (χ0) is 20.1. The van der Waals surface area contributed by atoms with Gasteiger partial charge in [0, 0.05) is 19.6 Å². The van der Waals surface area contributed by atoms with Gasteiger partial charge in [-0.3, -0.25) is 4.90 Å². The number of hydrogen-bond acceptors (Lipinski definition) is 3. The number of rotatable bonds is 15. The van der Waals surface area contributed by atoms with Crippen molar-refractivity contribution in [3.05, 3.63) is 29.6 Å². The van der Waals surface area contributed by atoms with Crippen molar-refractivity contribution in [3.63, 3.8) is 0 Å². The van der Waals surface area contributed by atoms with Gasteiger partial charge < -0.3 is 5.11 Å². The summed E-state index contributed by atoms with van der Waals surface area (Å²) in [5.41, 5.74) is 1.01. The van der Waals surface area contributed by atoms with Crippen molar-refractivity contribution in [2.45, 2.75) is 85.6 Å². The van der Waals surface area contributed by atoms with E-state index < -0.39 is 5.97 Å². The monoisotopic (exact) mass is 376 g/mol. The van der Waals surface area contributed by atoms with Crippen molar-refractivity contribution in [1.82, 2.24) is 9.88 Å². The molecule has 0 saturated heterocycles. The minimum absolute atomic E-state index is 0.142. The van der Waals surface area contributed by atoms with Gasteiger partial charge in [0.2, 0.25) is 0 Å². The maximum atomic E-state index is 11.2. The summed E-state index contributed by atoms with van der Waals surface area (Å²) in [6.45, 7) is 12.0. The van der Waals surface area contributed by atoms with Crippen LogP contribution < -0.4 is 0 Å². The first kappa shape index (κ1) is 23.6. The maximum absolute atomic E-state index is 11.2. The maximum Gasteiger partial charge on any atom is 0.354 e. The molecule has 1 aromatic rings. The molecule has 0 bridgehead atoms. The van der Waals surface area contributed by atoms with Crippen LogP contribution >= 0.6 is 0 Å². The molecule has 0 aromatic carbocycles. The van der Waals surface area contributed by atoms with Gasteiger partial charge in [0.05, 0.1) is 5.69 Å². The summed E-state index contributed by atoms with van der Waals surface area (Å²) in [7, 11) is 0. The number of nitrogens with zero attached hydrogens (tertiary/aromatic N) is 2. The van der Waals surface area contributed by atoms with Gasteiger partial charge in [-0.05, 0) is 36.8 Å². The summed E-state index contributed by atoms with van der Waals surface area (Å²) in [6.07, 6.45) is 10.0. The van der Waals surface area contributed by atoms with E-state index in [4.69, 9.17) is 0 Å². The first-order valence-electron chi connectivity index (χ1n) is 10.9. The van der Waals surface area contributed by atoms with Crippen LogP contribution in [0.1, 0.15) is 95.2 Å². The van der Waals surface area contributed by atoms with E-state index in [2.05, 4.69) is 37.6 Å². The molecule has 0 aliphatic rings. The van der Waals surface area contributed by atoms with Crippen LogP contribution in [0.3, 0.4) is 0 Å². The van der Waals surface area contributed by atoms with Crippen molar-refractivity contribution in [2.24, 2.45) is 11.8 Å². The molecule has 4 nitrogen and oxygen atoms in total. The summed E-state index contributed by atoms with van der Waals surface area (Å²) in [4.78, 5) is 18.1. The molecule has 154 valence electrons. The molecule has 1 aromatic heterocycles. The average molecular weight is 377 g/mol. The first-order valence-corrected chi connectivity index (χ1v) is 10.9. The van der Waals surface area contributed by atoms with Gasteiger partial charge in [0.1, 0.15) is 5.69 Å². The summed E-state index contributed by atoms with van der Waals surface area (Å²) in [5, 5.41) is 9.23. The predicted molar refractivity (Wildman–Crippen MR) is 113 cm³/mol. The third-order valence-corrected chi connectivity index (χ3v) is 5.53. The summed E-state index contributed by atoms with van der Waals surface area (Å²) in [6, 6.07) is 5.34. The largest absolute Gasteiger partial charge is 0.477 e. The van der Waals surface area contributed by atoms with Gasteiger partial charge in [0.15, 0.2) is 0 Å². The van der Waals surface area contributed by atoms with E-state index in [1.807, 2.05) is 12.1 Å². The van der Waals surface area contributed by atoms with Crippen molar-refractivity contribution in [3.8, 4) is 0 Å². The molecule has 27 heavy (non-hydrogen) atoms. The predicted octanol–water partition coefficient (Wildman–Crippen LogP) is 6.01. The van der Waals surface area contributed by atoms with Crippen LogP contribution in [-0.4, -0.2) is 34.0 Å². The number of aromatic nitrogens is 1. The molecule has 0 unspecified atom stereocenters. The summed E-state index contributed by atoms with van der Waals surface area (Å²) in [5.74, 6) is 0.458. The molecule has 0 spiro atoms. The van der Waals surface area contributed by atoms with E-state index in [1.165, 1.54) is 51.4 Å². The van der Waals surface area contributed by atoms with Crippen molar-refractivity contribution < 1.29 is 9.90 Å². The molecule has 1 rings (SSSR count). The lowest BCUT2D eigenvalue weighted by molar-refractivity contribution is 0.0689. The highest BCUT2D eigenvalue weighted by molar-refractivity contribution is 5.85. The molecule has 1 heterocycles. The van der Waals surface area contributed by atoms with Crippen molar-refractivity contribution in [2.75, 3.05) is 13.1 Å². The number of aromatic carboxylic acids is 1. The Hall–Kier alpha value is -1.42. The van der Waals surface area contributed by atoms with Gasteiger partial charge in [-0.1, -0.05) is 72.3 Å². The van der Waals surface area contributed by atoms with Crippen LogP contribution in [-0.2, 0) is 6.54 Å². The second kappa shape index (κ2) is 13.7. The lowest BCUT2D eigenvalue weighted by Crippen LogP contribution is -2.34. The van der Waals surface area contributed by atoms with Crippen molar-refractivity contribution >= 4 is 5.97 Å². The Bertz CT molecular complexity index is 515. The van der Waals surface area contributed by atoms with E-state index in [0.29, 0.717) is 11.8 Å². The molecule has 1 N–H and O–H groups in total. The van der Waals surface area contributed by atoms with Crippen LogP contribution in [0.25, 0.3) is 0 Å².